The molecule has 0 unspecified atom stereocenters. The summed E-state index contributed by atoms with van der Waals surface area (Å²) < 4.78 is 0. The zero-order valence-electron chi connectivity index (χ0n) is 5.17. The molecule has 0 atom stereocenters. The smallest absolute Gasteiger partial charge is 0.306 e. The molecule has 0 amide bonds. The summed E-state index contributed by atoms with van der Waals surface area (Å²) in [6.45, 7) is 0. The topological polar surface area (TPSA) is 65.8 Å². The van der Waals surface area contributed by atoms with Gasteiger partial charge in [-0.2, -0.15) is 0 Å². The number of carboxylic acid groups (broad SMARTS) is 1. The molecule has 1 aliphatic rings. The molecule has 2 radical (unpaired) electrons. The van der Waals surface area contributed by atoms with Crippen molar-refractivity contribution < 1.29 is 15.4 Å². The number of carbonyl (C=O) groups is 1. The van der Waals surface area contributed by atoms with Crippen LogP contribution in [0.5, 0.6) is 0 Å². The molecule has 0 aromatic rings. The first-order valence-electron chi connectivity index (χ1n) is 3.03. The van der Waals surface area contributed by atoms with Crippen LogP contribution in [0, 0.1) is 5.92 Å². The minimum atomic E-state index is -0.609. The number of rotatable bonds is 1. The zero-order valence-corrected chi connectivity index (χ0v) is 5.17. The van der Waals surface area contributed by atoms with Gasteiger partial charge in [-0.05, 0) is 12.8 Å². The van der Waals surface area contributed by atoms with Crippen molar-refractivity contribution in [1.29, 1.82) is 0 Å². The van der Waals surface area contributed by atoms with E-state index in [4.69, 9.17) is 5.11 Å². The predicted molar refractivity (Wildman–Crippen MR) is 30.3 cm³/mol. The Morgan fingerprint density at radius 3 is 2.00 bits per heavy atom. The normalized spacial score (nSPS) is 19.1. The van der Waals surface area contributed by atoms with Crippen molar-refractivity contribution in [1.82, 2.24) is 0 Å². The van der Waals surface area contributed by atoms with E-state index in [1.54, 1.807) is 0 Å². The third-order valence-corrected chi connectivity index (χ3v) is 1.70. The van der Waals surface area contributed by atoms with Gasteiger partial charge in [-0.3, -0.25) is 4.79 Å². The monoisotopic (exact) mass is 130 g/mol. The largest absolute Gasteiger partial charge is 0.481 e. The van der Waals surface area contributed by atoms with E-state index in [1.165, 1.54) is 0 Å². The van der Waals surface area contributed by atoms with Gasteiger partial charge in [0.25, 0.3) is 0 Å². The summed E-state index contributed by atoms with van der Waals surface area (Å²) in [6.07, 6.45) is 4.01. The highest BCUT2D eigenvalue weighted by Gasteiger charge is 2.20. The van der Waals surface area contributed by atoms with E-state index >= 15 is 0 Å². The summed E-state index contributed by atoms with van der Waals surface area (Å²) in [5.74, 6) is -0.627. The van der Waals surface area contributed by atoms with Gasteiger partial charge in [-0.15, -0.1) is 0 Å². The molecule has 1 fully saturated rings. The average molecular weight is 130 g/mol. The van der Waals surface area contributed by atoms with Crippen molar-refractivity contribution >= 4 is 5.97 Å². The molecule has 0 heterocycles. The van der Waals surface area contributed by atoms with Crippen LogP contribution in [0.4, 0.5) is 0 Å². The summed E-state index contributed by atoms with van der Waals surface area (Å²) in [6, 6.07) is 0. The van der Waals surface area contributed by atoms with Crippen LogP contribution in [0.25, 0.3) is 0 Å². The Labute approximate surface area is 54.0 Å². The highest BCUT2D eigenvalue weighted by Crippen LogP contribution is 2.24. The van der Waals surface area contributed by atoms with Crippen LogP contribution >= 0.6 is 0 Å². The maximum Gasteiger partial charge on any atom is 0.306 e. The Balaban J connectivity index is 0.000000640. The molecule has 1 aliphatic carbocycles. The first-order valence-corrected chi connectivity index (χ1v) is 3.03. The fraction of sp³-hybridized carbons (Fsp3) is 0.833. The van der Waals surface area contributed by atoms with E-state index in [-0.39, 0.29) is 11.4 Å². The molecule has 0 aromatic carbocycles. The fourth-order valence-electron chi connectivity index (χ4n) is 1.17. The lowest BCUT2D eigenvalue weighted by Crippen LogP contribution is -2.07. The standard InChI is InChI=1S/C6H10O2.O/c7-6(8)5-3-1-2-4-5;/h5H,1-4H2,(H,7,8);. The molecule has 0 bridgehead atoms. The second-order valence-electron chi connectivity index (χ2n) is 2.32. The Morgan fingerprint density at radius 2 is 1.78 bits per heavy atom. The van der Waals surface area contributed by atoms with Crippen LogP contribution in [0.1, 0.15) is 25.7 Å². The summed E-state index contributed by atoms with van der Waals surface area (Å²) in [5.41, 5.74) is 0. The molecule has 3 heteroatoms. The zero-order chi connectivity index (χ0) is 5.98. The summed E-state index contributed by atoms with van der Waals surface area (Å²) in [5, 5.41) is 8.41. The molecule has 9 heavy (non-hydrogen) atoms. The van der Waals surface area contributed by atoms with Crippen LogP contribution in [0.3, 0.4) is 0 Å². The minimum absolute atomic E-state index is 0. The van der Waals surface area contributed by atoms with Crippen LogP contribution in [0.15, 0.2) is 0 Å². The fourth-order valence-corrected chi connectivity index (χ4v) is 1.17. The molecule has 0 aromatic heterocycles. The quantitative estimate of drug-likeness (QED) is 0.578. The number of aliphatic carboxylic acids is 1. The molecule has 1 N–H and O–H groups in total. The Hall–Kier alpha value is -0.570. The van der Waals surface area contributed by atoms with Crippen molar-refractivity contribution in [3.8, 4) is 0 Å². The molecule has 1 saturated carbocycles. The number of hydrogen-bond donors (Lipinski definition) is 1. The number of hydrogen-bond acceptors (Lipinski definition) is 1. The molecule has 3 nitrogen and oxygen atoms in total. The van der Waals surface area contributed by atoms with Gasteiger partial charge in [-0.1, -0.05) is 12.8 Å². The molecular formula is C6H10O3. The Kier molecular flexibility index (Phi) is 3.24. The van der Waals surface area contributed by atoms with E-state index in [9.17, 15) is 4.79 Å². The average Bonchev–Trinajstić information content (AvgIpc) is 2.12. The van der Waals surface area contributed by atoms with Gasteiger partial charge in [0.05, 0.1) is 5.92 Å². The first kappa shape index (κ1) is 8.43. The lowest BCUT2D eigenvalue weighted by Gasteiger charge is -1.97. The van der Waals surface area contributed by atoms with E-state index in [0.29, 0.717) is 0 Å². The van der Waals surface area contributed by atoms with E-state index in [0.717, 1.165) is 25.7 Å². The molecule has 0 spiro atoms. The van der Waals surface area contributed by atoms with E-state index in [1.807, 2.05) is 0 Å². The van der Waals surface area contributed by atoms with Crippen molar-refractivity contribution in [2.75, 3.05) is 0 Å². The molecule has 52 valence electrons. The van der Waals surface area contributed by atoms with Crippen molar-refractivity contribution in [2.45, 2.75) is 25.7 Å². The highest BCUT2D eigenvalue weighted by atomic mass is 16.4. The van der Waals surface area contributed by atoms with Gasteiger partial charge in [-0.25, -0.2) is 0 Å². The van der Waals surface area contributed by atoms with Gasteiger partial charge in [0.1, 0.15) is 0 Å². The molecular weight excluding hydrogens is 120 g/mol. The first-order chi connectivity index (χ1) is 3.80. The van der Waals surface area contributed by atoms with E-state index in [2.05, 4.69) is 0 Å². The molecule has 0 aliphatic heterocycles. The minimum Gasteiger partial charge on any atom is -0.481 e. The van der Waals surface area contributed by atoms with Crippen LogP contribution in [-0.2, 0) is 10.3 Å². The lowest BCUT2D eigenvalue weighted by atomic mass is 10.1. The van der Waals surface area contributed by atoms with Crippen molar-refractivity contribution in [3.63, 3.8) is 0 Å². The second kappa shape index (κ2) is 3.45. The van der Waals surface area contributed by atoms with Crippen molar-refractivity contribution in [2.24, 2.45) is 5.92 Å². The van der Waals surface area contributed by atoms with Crippen LogP contribution in [-0.4, -0.2) is 11.1 Å². The third-order valence-electron chi connectivity index (χ3n) is 1.70. The lowest BCUT2D eigenvalue weighted by molar-refractivity contribution is -0.141. The predicted octanol–water partition coefficient (Wildman–Crippen LogP) is 1.14. The molecule has 0 saturated heterocycles. The van der Waals surface area contributed by atoms with Gasteiger partial charge < -0.3 is 5.11 Å². The van der Waals surface area contributed by atoms with Crippen molar-refractivity contribution in [3.05, 3.63) is 0 Å². The summed E-state index contributed by atoms with van der Waals surface area (Å²) >= 11 is 0. The van der Waals surface area contributed by atoms with Crippen LogP contribution < -0.4 is 0 Å². The van der Waals surface area contributed by atoms with Gasteiger partial charge in [0, 0.05) is 5.48 Å². The Morgan fingerprint density at radius 1 is 1.33 bits per heavy atom. The van der Waals surface area contributed by atoms with Gasteiger partial charge in [0.2, 0.25) is 0 Å². The second-order valence-corrected chi connectivity index (χ2v) is 2.32. The third kappa shape index (κ3) is 2.01. The van der Waals surface area contributed by atoms with E-state index < -0.39 is 5.97 Å². The molecule has 1 rings (SSSR count). The maximum absolute atomic E-state index is 10.2. The summed E-state index contributed by atoms with van der Waals surface area (Å²) in [4.78, 5) is 10.2. The van der Waals surface area contributed by atoms with Gasteiger partial charge >= 0.3 is 5.97 Å². The summed E-state index contributed by atoms with van der Waals surface area (Å²) in [7, 11) is 0. The number of carboxylic acids is 1. The van der Waals surface area contributed by atoms with Gasteiger partial charge in [0.15, 0.2) is 0 Å². The maximum atomic E-state index is 10.2. The SMILES string of the molecule is O=C(O)C1CCCC1.[O]. The highest BCUT2D eigenvalue weighted by molar-refractivity contribution is 5.70. The van der Waals surface area contributed by atoms with Crippen LogP contribution in [0.2, 0.25) is 0 Å². The Bertz CT molecular complexity index is 94.5.